The van der Waals surface area contributed by atoms with Crippen LogP contribution in [0.15, 0.2) is 30.3 Å². The van der Waals surface area contributed by atoms with E-state index in [1.807, 2.05) is 15.9 Å². The van der Waals surface area contributed by atoms with Crippen molar-refractivity contribution < 1.29 is 18.4 Å². The Labute approximate surface area is 212 Å². The number of halogens is 3. The molecule has 2 aromatic carbocycles. The number of H-pyrrole nitrogens is 1. The van der Waals surface area contributed by atoms with Gasteiger partial charge in [-0.1, -0.05) is 16.8 Å². The van der Waals surface area contributed by atoms with Crippen molar-refractivity contribution in [3.05, 3.63) is 58.1 Å². The Hall–Kier alpha value is -3.11. The Balaban J connectivity index is 1.07. The Morgan fingerprint density at radius 2 is 1.75 bits per heavy atom. The third kappa shape index (κ3) is 5.19. The first kappa shape index (κ1) is 24.6. The van der Waals surface area contributed by atoms with Crippen LogP contribution in [0, 0.1) is 11.6 Å². The molecule has 36 heavy (non-hydrogen) atoms. The number of benzene rings is 2. The number of likely N-dealkylation sites (tertiary alicyclic amines) is 1. The number of piperazine rings is 1. The number of carbonyl (C=O) groups is 2. The maximum atomic E-state index is 13.5. The quantitative estimate of drug-likeness (QED) is 0.526. The van der Waals surface area contributed by atoms with Crippen molar-refractivity contribution in [2.75, 3.05) is 39.3 Å². The molecular formula is C25H27ClF2N6O2. The van der Waals surface area contributed by atoms with E-state index in [-0.39, 0.29) is 23.3 Å². The number of amides is 2. The summed E-state index contributed by atoms with van der Waals surface area (Å²) in [4.78, 5) is 31.7. The molecule has 2 fully saturated rings. The Morgan fingerprint density at radius 1 is 1.00 bits per heavy atom. The van der Waals surface area contributed by atoms with Gasteiger partial charge in [0, 0.05) is 57.3 Å². The molecule has 2 amide bonds. The standard InChI is InChI=1S/C25H27ClF2N6O2/c26-19-13-16(14-20(27)24(19)28)1-4-23(35)33-11-9-32(10-12-33)18-5-7-34(8-6-18)25(36)17-2-3-21-22(15-17)30-31-29-21/h2-3,13-15,18H,1,4-12H2,(H,29,30,31). The van der Waals surface area contributed by atoms with Crippen LogP contribution in [0.1, 0.15) is 35.2 Å². The molecule has 11 heteroatoms. The first-order valence-corrected chi connectivity index (χ1v) is 12.5. The minimum Gasteiger partial charge on any atom is -0.340 e. The van der Waals surface area contributed by atoms with Gasteiger partial charge in [-0.15, -0.1) is 5.10 Å². The molecule has 3 aromatic rings. The zero-order chi connectivity index (χ0) is 25.2. The minimum absolute atomic E-state index is 0.00000249. The molecule has 2 aliphatic heterocycles. The third-order valence-corrected chi connectivity index (χ3v) is 7.45. The molecule has 0 bridgehead atoms. The molecule has 5 rings (SSSR count). The van der Waals surface area contributed by atoms with Gasteiger partial charge >= 0.3 is 0 Å². The number of fused-ring (bicyclic) bond motifs is 1. The Kier molecular flexibility index (Phi) is 7.15. The van der Waals surface area contributed by atoms with Crippen LogP contribution in [0.5, 0.6) is 0 Å². The second-order valence-electron chi connectivity index (χ2n) is 9.36. The van der Waals surface area contributed by atoms with Crippen LogP contribution in [-0.2, 0) is 11.2 Å². The van der Waals surface area contributed by atoms with Gasteiger partial charge in [-0.25, -0.2) is 8.78 Å². The number of nitrogens with zero attached hydrogens (tertiary/aromatic N) is 5. The summed E-state index contributed by atoms with van der Waals surface area (Å²) in [6, 6.07) is 8.24. The van der Waals surface area contributed by atoms with Gasteiger partial charge in [0.1, 0.15) is 5.52 Å². The van der Waals surface area contributed by atoms with Crippen molar-refractivity contribution >= 4 is 34.4 Å². The summed E-state index contributed by atoms with van der Waals surface area (Å²) in [5, 5.41) is 10.3. The van der Waals surface area contributed by atoms with Gasteiger partial charge in [-0.05, 0) is 55.2 Å². The topological polar surface area (TPSA) is 85.4 Å². The van der Waals surface area contributed by atoms with E-state index in [0.717, 1.165) is 37.5 Å². The third-order valence-electron chi connectivity index (χ3n) is 7.18. The highest BCUT2D eigenvalue weighted by atomic mass is 35.5. The zero-order valence-electron chi connectivity index (χ0n) is 19.7. The SMILES string of the molecule is O=C(CCc1cc(F)c(F)c(Cl)c1)N1CCN(C2CCN(C(=O)c3ccc4[nH]nnc4c3)CC2)CC1. The van der Waals surface area contributed by atoms with Gasteiger partial charge in [-0.3, -0.25) is 19.6 Å². The van der Waals surface area contributed by atoms with Crippen LogP contribution in [0.4, 0.5) is 8.78 Å². The number of piperidine rings is 1. The number of aromatic amines is 1. The first-order valence-electron chi connectivity index (χ1n) is 12.1. The molecule has 0 atom stereocenters. The molecule has 0 unspecified atom stereocenters. The minimum atomic E-state index is -1.06. The van der Waals surface area contributed by atoms with Gasteiger partial charge in [0.05, 0.1) is 10.5 Å². The van der Waals surface area contributed by atoms with Crippen molar-refractivity contribution in [1.29, 1.82) is 0 Å². The second-order valence-corrected chi connectivity index (χ2v) is 9.76. The summed E-state index contributed by atoms with van der Waals surface area (Å²) in [5.41, 5.74) is 2.61. The number of aryl methyl sites for hydroxylation is 1. The summed E-state index contributed by atoms with van der Waals surface area (Å²) in [6.07, 6.45) is 2.32. The molecule has 0 spiro atoms. The van der Waals surface area contributed by atoms with Crippen LogP contribution in [0.25, 0.3) is 11.0 Å². The van der Waals surface area contributed by atoms with Crippen LogP contribution in [-0.4, -0.2) is 87.2 Å². The highest BCUT2D eigenvalue weighted by molar-refractivity contribution is 6.30. The lowest BCUT2D eigenvalue weighted by atomic mass is 10.0. The fourth-order valence-electron chi connectivity index (χ4n) is 5.09. The molecule has 0 radical (unpaired) electrons. The van der Waals surface area contributed by atoms with Crippen LogP contribution in [0.2, 0.25) is 5.02 Å². The number of hydrogen-bond donors (Lipinski definition) is 1. The molecule has 8 nitrogen and oxygen atoms in total. The predicted octanol–water partition coefficient (Wildman–Crippen LogP) is 3.27. The monoisotopic (exact) mass is 516 g/mol. The molecule has 1 N–H and O–H groups in total. The normalized spacial score (nSPS) is 17.6. The van der Waals surface area contributed by atoms with Crippen molar-refractivity contribution in [2.45, 2.75) is 31.7 Å². The van der Waals surface area contributed by atoms with Crippen molar-refractivity contribution in [1.82, 2.24) is 30.1 Å². The van der Waals surface area contributed by atoms with Crippen LogP contribution in [0.3, 0.4) is 0 Å². The number of nitrogens with one attached hydrogen (secondary N) is 1. The van der Waals surface area contributed by atoms with Gasteiger partial charge in [0.15, 0.2) is 11.6 Å². The number of carbonyl (C=O) groups excluding carboxylic acids is 2. The first-order chi connectivity index (χ1) is 17.4. The summed E-state index contributed by atoms with van der Waals surface area (Å²) in [5.74, 6) is -2.05. The summed E-state index contributed by atoms with van der Waals surface area (Å²) in [6.45, 7) is 4.21. The summed E-state index contributed by atoms with van der Waals surface area (Å²) in [7, 11) is 0. The lowest BCUT2D eigenvalue weighted by molar-refractivity contribution is -0.133. The van der Waals surface area contributed by atoms with Crippen molar-refractivity contribution in [3.63, 3.8) is 0 Å². The molecule has 1 aromatic heterocycles. The van der Waals surface area contributed by atoms with Crippen LogP contribution < -0.4 is 0 Å². The van der Waals surface area contributed by atoms with E-state index >= 15 is 0 Å². The van der Waals surface area contributed by atoms with E-state index in [1.54, 1.807) is 12.1 Å². The van der Waals surface area contributed by atoms with E-state index in [1.165, 1.54) is 6.07 Å². The van der Waals surface area contributed by atoms with Crippen molar-refractivity contribution in [3.8, 4) is 0 Å². The lowest BCUT2D eigenvalue weighted by Gasteiger charge is -2.42. The van der Waals surface area contributed by atoms with E-state index < -0.39 is 11.6 Å². The molecule has 2 aliphatic rings. The second kappa shape index (κ2) is 10.5. The maximum Gasteiger partial charge on any atom is 0.253 e. The largest absolute Gasteiger partial charge is 0.340 e. The molecule has 3 heterocycles. The average Bonchev–Trinajstić information content (AvgIpc) is 3.38. The van der Waals surface area contributed by atoms with E-state index in [2.05, 4.69) is 20.3 Å². The highest BCUT2D eigenvalue weighted by Gasteiger charge is 2.30. The molecule has 2 saturated heterocycles. The molecule has 190 valence electrons. The van der Waals surface area contributed by atoms with Gasteiger partial charge in [0.2, 0.25) is 5.91 Å². The fourth-order valence-corrected chi connectivity index (χ4v) is 5.32. The number of rotatable bonds is 5. The van der Waals surface area contributed by atoms with Gasteiger partial charge in [0.25, 0.3) is 5.91 Å². The number of hydrogen-bond acceptors (Lipinski definition) is 5. The van der Waals surface area contributed by atoms with E-state index in [9.17, 15) is 18.4 Å². The van der Waals surface area contributed by atoms with Crippen LogP contribution >= 0.6 is 11.6 Å². The van der Waals surface area contributed by atoms with Gasteiger partial charge < -0.3 is 9.80 Å². The van der Waals surface area contributed by atoms with E-state index in [4.69, 9.17) is 11.6 Å². The Morgan fingerprint density at radius 3 is 2.47 bits per heavy atom. The summed E-state index contributed by atoms with van der Waals surface area (Å²) >= 11 is 5.70. The highest BCUT2D eigenvalue weighted by Crippen LogP contribution is 2.23. The zero-order valence-corrected chi connectivity index (χ0v) is 20.5. The number of aromatic nitrogens is 3. The fraction of sp³-hybridized carbons (Fsp3) is 0.440. The lowest BCUT2D eigenvalue weighted by Crippen LogP contribution is -2.54. The average molecular weight is 517 g/mol. The van der Waals surface area contributed by atoms with E-state index in [0.29, 0.717) is 55.3 Å². The molecule has 0 aliphatic carbocycles. The van der Waals surface area contributed by atoms with Crippen molar-refractivity contribution in [2.24, 2.45) is 0 Å². The predicted molar refractivity (Wildman–Crippen MR) is 131 cm³/mol. The maximum absolute atomic E-state index is 13.5. The molecular weight excluding hydrogens is 490 g/mol. The molecule has 0 saturated carbocycles. The summed E-state index contributed by atoms with van der Waals surface area (Å²) < 4.78 is 26.9. The van der Waals surface area contributed by atoms with Gasteiger partial charge in [-0.2, -0.15) is 0 Å². The smallest absolute Gasteiger partial charge is 0.253 e. The Bertz CT molecular complexity index is 1250.